The minimum Gasteiger partial charge on any atom is -0.494 e. The van der Waals surface area contributed by atoms with Gasteiger partial charge >= 0.3 is 0 Å². The Kier molecular flexibility index (Phi) is 9.04. The number of ether oxygens (including phenoxy) is 3. The molecule has 0 saturated carbocycles. The molecular formula is C16H27NO3. The fraction of sp³-hybridized carbons (Fsp3) is 0.625. The second kappa shape index (κ2) is 10.7. The molecule has 0 aromatic heterocycles. The molecule has 20 heavy (non-hydrogen) atoms. The minimum absolute atomic E-state index is 0.192. The second-order valence-electron chi connectivity index (χ2n) is 4.53. The molecule has 0 fully saturated rings. The lowest BCUT2D eigenvalue weighted by Crippen LogP contribution is -2.22. The number of benzene rings is 1. The zero-order valence-electron chi connectivity index (χ0n) is 12.9. The molecule has 0 aliphatic rings. The van der Waals surface area contributed by atoms with Gasteiger partial charge in [-0.15, -0.1) is 0 Å². The van der Waals surface area contributed by atoms with E-state index in [-0.39, 0.29) is 6.04 Å². The molecule has 0 aliphatic heterocycles. The molecule has 4 heteroatoms. The normalized spacial score (nSPS) is 12.3. The molecule has 0 heterocycles. The predicted molar refractivity (Wildman–Crippen MR) is 81.3 cm³/mol. The number of likely N-dealkylation sites (N-methyl/N-ethyl adjacent to an activating group) is 1. The van der Waals surface area contributed by atoms with Gasteiger partial charge in [0.2, 0.25) is 0 Å². The maximum absolute atomic E-state index is 5.65. The molecule has 0 aliphatic carbocycles. The number of hydrogen-bond donors (Lipinski definition) is 1. The maximum atomic E-state index is 5.65. The van der Waals surface area contributed by atoms with Crippen molar-refractivity contribution in [1.29, 1.82) is 0 Å². The summed E-state index contributed by atoms with van der Waals surface area (Å²) in [4.78, 5) is 0. The largest absolute Gasteiger partial charge is 0.494 e. The van der Waals surface area contributed by atoms with Crippen LogP contribution >= 0.6 is 0 Å². The molecular weight excluding hydrogens is 254 g/mol. The Hall–Kier alpha value is -1.10. The SMILES string of the molecule is CCCOCCOCC(NC)c1ccc(OCC)cc1. The highest BCUT2D eigenvalue weighted by Gasteiger charge is 2.09. The molecule has 1 aromatic rings. The Labute approximate surface area is 122 Å². The second-order valence-corrected chi connectivity index (χ2v) is 4.53. The molecule has 114 valence electrons. The van der Waals surface area contributed by atoms with E-state index in [1.165, 1.54) is 5.56 Å². The van der Waals surface area contributed by atoms with Crippen LogP contribution in [0.3, 0.4) is 0 Å². The van der Waals surface area contributed by atoms with E-state index in [0.29, 0.717) is 26.4 Å². The third kappa shape index (κ3) is 6.37. The molecule has 1 unspecified atom stereocenters. The average Bonchev–Trinajstić information content (AvgIpc) is 2.48. The number of rotatable bonds is 11. The zero-order valence-corrected chi connectivity index (χ0v) is 12.9. The van der Waals surface area contributed by atoms with Crippen molar-refractivity contribution in [1.82, 2.24) is 5.32 Å². The number of hydrogen-bond acceptors (Lipinski definition) is 4. The van der Waals surface area contributed by atoms with Crippen molar-refractivity contribution in [2.75, 3.05) is 40.1 Å². The van der Waals surface area contributed by atoms with Gasteiger partial charge in [0.15, 0.2) is 0 Å². The van der Waals surface area contributed by atoms with Crippen LogP contribution in [0.2, 0.25) is 0 Å². The van der Waals surface area contributed by atoms with Gasteiger partial charge < -0.3 is 19.5 Å². The van der Waals surface area contributed by atoms with E-state index in [4.69, 9.17) is 14.2 Å². The predicted octanol–water partition coefficient (Wildman–Crippen LogP) is 2.79. The minimum atomic E-state index is 0.192. The van der Waals surface area contributed by atoms with Crippen LogP contribution in [0.5, 0.6) is 5.75 Å². The molecule has 1 N–H and O–H groups in total. The molecule has 0 spiro atoms. The van der Waals surface area contributed by atoms with Crippen molar-refractivity contribution < 1.29 is 14.2 Å². The van der Waals surface area contributed by atoms with Crippen LogP contribution in [-0.2, 0) is 9.47 Å². The zero-order chi connectivity index (χ0) is 14.6. The van der Waals surface area contributed by atoms with Gasteiger partial charge in [0, 0.05) is 6.61 Å². The molecule has 0 amide bonds. The fourth-order valence-electron chi connectivity index (χ4n) is 1.87. The van der Waals surface area contributed by atoms with Gasteiger partial charge in [0.05, 0.1) is 32.5 Å². The molecule has 0 radical (unpaired) electrons. The van der Waals surface area contributed by atoms with Gasteiger partial charge in [0.25, 0.3) is 0 Å². The van der Waals surface area contributed by atoms with Crippen LogP contribution in [-0.4, -0.2) is 40.1 Å². The monoisotopic (exact) mass is 281 g/mol. The van der Waals surface area contributed by atoms with Crippen LogP contribution in [0.25, 0.3) is 0 Å². The van der Waals surface area contributed by atoms with Crippen LogP contribution in [0.1, 0.15) is 31.9 Å². The van der Waals surface area contributed by atoms with E-state index >= 15 is 0 Å². The Bertz CT molecular complexity index is 340. The molecule has 1 aromatic carbocycles. The van der Waals surface area contributed by atoms with Crippen LogP contribution < -0.4 is 10.1 Å². The van der Waals surface area contributed by atoms with Gasteiger partial charge in [-0.3, -0.25) is 0 Å². The van der Waals surface area contributed by atoms with E-state index in [1.54, 1.807) is 0 Å². The van der Waals surface area contributed by atoms with Crippen LogP contribution in [0, 0.1) is 0 Å². The van der Waals surface area contributed by atoms with Gasteiger partial charge in [-0.2, -0.15) is 0 Å². The summed E-state index contributed by atoms with van der Waals surface area (Å²) < 4.78 is 16.5. The fourth-order valence-corrected chi connectivity index (χ4v) is 1.87. The summed E-state index contributed by atoms with van der Waals surface area (Å²) in [7, 11) is 1.94. The first-order chi connectivity index (χ1) is 9.81. The average molecular weight is 281 g/mol. The summed E-state index contributed by atoms with van der Waals surface area (Å²) in [6.45, 7) is 7.51. The van der Waals surface area contributed by atoms with Crippen molar-refractivity contribution in [3.8, 4) is 5.75 Å². The topological polar surface area (TPSA) is 39.7 Å². The summed E-state index contributed by atoms with van der Waals surface area (Å²) in [5.74, 6) is 0.903. The smallest absolute Gasteiger partial charge is 0.119 e. The van der Waals surface area contributed by atoms with E-state index in [0.717, 1.165) is 18.8 Å². The van der Waals surface area contributed by atoms with E-state index in [1.807, 2.05) is 26.1 Å². The Morgan fingerprint density at radius 1 is 1.00 bits per heavy atom. The molecule has 1 atom stereocenters. The van der Waals surface area contributed by atoms with Gasteiger partial charge in [-0.25, -0.2) is 0 Å². The lowest BCUT2D eigenvalue weighted by molar-refractivity contribution is 0.0399. The van der Waals surface area contributed by atoms with Crippen molar-refractivity contribution in [3.05, 3.63) is 29.8 Å². The Morgan fingerprint density at radius 3 is 2.30 bits per heavy atom. The van der Waals surface area contributed by atoms with Gasteiger partial charge in [-0.05, 0) is 38.1 Å². The number of nitrogens with one attached hydrogen (secondary N) is 1. The summed E-state index contributed by atoms with van der Waals surface area (Å²) in [5, 5.41) is 3.27. The Morgan fingerprint density at radius 2 is 1.70 bits per heavy atom. The van der Waals surface area contributed by atoms with Crippen molar-refractivity contribution in [2.45, 2.75) is 26.3 Å². The van der Waals surface area contributed by atoms with Crippen molar-refractivity contribution in [2.24, 2.45) is 0 Å². The summed E-state index contributed by atoms with van der Waals surface area (Å²) in [6.07, 6.45) is 1.05. The van der Waals surface area contributed by atoms with E-state index < -0.39 is 0 Å². The summed E-state index contributed by atoms with van der Waals surface area (Å²) in [6, 6.07) is 8.32. The quantitative estimate of drug-likeness (QED) is 0.633. The Balaban J connectivity index is 2.33. The van der Waals surface area contributed by atoms with Gasteiger partial charge in [-0.1, -0.05) is 19.1 Å². The first-order valence-corrected chi connectivity index (χ1v) is 7.37. The van der Waals surface area contributed by atoms with Crippen LogP contribution in [0.4, 0.5) is 0 Å². The highest BCUT2D eigenvalue weighted by Crippen LogP contribution is 2.18. The van der Waals surface area contributed by atoms with E-state index in [2.05, 4.69) is 24.4 Å². The maximum Gasteiger partial charge on any atom is 0.119 e. The third-order valence-corrected chi connectivity index (χ3v) is 2.95. The third-order valence-electron chi connectivity index (χ3n) is 2.95. The van der Waals surface area contributed by atoms with Gasteiger partial charge in [0.1, 0.15) is 5.75 Å². The first-order valence-electron chi connectivity index (χ1n) is 7.37. The lowest BCUT2D eigenvalue weighted by atomic mass is 10.1. The molecule has 0 saturated heterocycles. The first kappa shape index (κ1) is 17.0. The molecule has 1 rings (SSSR count). The standard InChI is InChI=1S/C16H27NO3/c1-4-10-18-11-12-19-13-16(17-3)14-6-8-15(9-7-14)20-5-2/h6-9,16-17H,4-5,10-13H2,1-3H3. The lowest BCUT2D eigenvalue weighted by Gasteiger charge is -2.17. The van der Waals surface area contributed by atoms with Crippen LogP contribution in [0.15, 0.2) is 24.3 Å². The highest BCUT2D eigenvalue weighted by molar-refractivity contribution is 5.29. The molecule has 4 nitrogen and oxygen atoms in total. The summed E-state index contributed by atoms with van der Waals surface area (Å²) in [5.41, 5.74) is 1.20. The van der Waals surface area contributed by atoms with E-state index in [9.17, 15) is 0 Å². The van der Waals surface area contributed by atoms with Crippen molar-refractivity contribution >= 4 is 0 Å². The van der Waals surface area contributed by atoms with Crippen molar-refractivity contribution in [3.63, 3.8) is 0 Å². The highest BCUT2D eigenvalue weighted by atomic mass is 16.5. The summed E-state index contributed by atoms with van der Waals surface area (Å²) >= 11 is 0. The molecule has 0 bridgehead atoms.